The largest absolute Gasteiger partial charge is 0.322 e. The van der Waals surface area contributed by atoms with E-state index >= 15 is 0 Å². The number of sulfonamides is 1. The Labute approximate surface area is 179 Å². The van der Waals surface area contributed by atoms with Gasteiger partial charge in [0.15, 0.2) is 11.6 Å². The Balaban J connectivity index is 1.70. The van der Waals surface area contributed by atoms with Crippen LogP contribution in [0.3, 0.4) is 0 Å². The first kappa shape index (κ1) is 22.4. The predicted octanol–water partition coefficient (Wildman–Crippen LogP) is 4.68. The fraction of sp³-hybridized carbons (Fsp3) is 0.182. The van der Waals surface area contributed by atoms with Crippen molar-refractivity contribution in [3.05, 3.63) is 89.1 Å². The summed E-state index contributed by atoms with van der Waals surface area (Å²) < 4.78 is 53.7. The van der Waals surface area contributed by atoms with Crippen LogP contribution in [-0.4, -0.2) is 19.3 Å². The number of nitrogens with zero attached hydrogens (tertiary/aromatic N) is 1. The van der Waals surface area contributed by atoms with E-state index in [1.807, 2.05) is 12.1 Å². The third-order valence-electron chi connectivity index (χ3n) is 4.46. The van der Waals surface area contributed by atoms with Gasteiger partial charge in [-0.1, -0.05) is 38.1 Å². The van der Waals surface area contributed by atoms with Gasteiger partial charge in [-0.25, -0.2) is 22.2 Å². The van der Waals surface area contributed by atoms with Gasteiger partial charge in [0.1, 0.15) is 5.82 Å². The Bertz CT molecular complexity index is 1200. The van der Waals surface area contributed by atoms with E-state index in [0.29, 0.717) is 11.5 Å². The molecule has 0 unspecified atom stereocenters. The van der Waals surface area contributed by atoms with E-state index in [-0.39, 0.29) is 22.8 Å². The van der Waals surface area contributed by atoms with Crippen molar-refractivity contribution in [2.45, 2.75) is 25.5 Å². The van der Waals surface area contributed by atoms with Gasteiger partial charge in [-0.05, 0) is 41.3 Å². The number of amides is 1. The van der Waals surface area contributed by atoms with Crippen LogP contribution < -0.4 is 10.0 Å². The number of benzene rings is 2. The van der Waals surface area contributed by atoms with Crippen LogP contribution in [-0.2, 0) is 15.8 Å². The molecule has 0 fully saturated rings. The molecule has 2 N–H and O–H groups in total. The summed E-state index contributed by atoms with van der Waals surface area (Å²) in [6.45, 7) is 4.10. The summed E-state index contributed by atoms with van der Waals surface area (Å²) in [5.74, 6) is -2.69. The van der Waals surface area contributed by atoms with Gasteiger partial charge in [0.2, 0.25) is 10.0 Å². The van der Waals surface area contributed by atoms with Crippen LogP contribution in [0.1, 0.15) is 41.3 Å². The summed E-state index contributed by atoms with van der Waals surface area (Å²) in [6.07, 6.45) is 1.27. The Kier molecular flexibility index (Phi) is 6.65. The summed E-state index contributed by atoms with van der Waals surface area (Å²) in [5.41, 5.74) is 1.88. The molecule has 0 aliphatic carbocycles. The lowest BCUT2D eigenvalue weighted by atomic mass is 10.0. The van der Waals surface area contributed by atoms with Crippen molar-refractivity contribution in [1.82, 2.24) is 4.98 Å². The maximum atomic E-state index is 13.3. The highest BCUT2D eigenvalue weighted by Crippen LogP contribution is 2.18. The van der Waals surface area contributed by atoms with Gasteiger partial charge in [0.25, 0.3) is 5.91 Å². The average Bonchev–Trinajstić information content (AvgIpc) is 2.70. The normalized spacial score (nSPS) is 11.4. The molecule has 0 bridgehead atoms. The minimum absolute atomic E-state index is 0.0308. The number of hydrogen-bond donors (Lipinski definition) is 2. The van der Waals surface area contributed by atoms with Crippen LogP contribution in [0.15, 0.2) is 60.8 Å². The number of hydrogen-bond acceptors (Lipinski definition) is 4. The van der Waals surface area contributed by atoms with Crippen LogP contribution in [0.25, 0.3) is 0 Å². The average molecular weight is 445 g/mol. The van der Waals surface area contributed by atoms with Gasteiger partial charge >= 0.3 is 0 Å². The minimum Gasteiger partial charge on any atom is -0.322 e. The lowest BCUT2D eigenvalue weighted by Crippen LogP contribution is -2.17. The summed E-state index contributed by atoms with van der Waals surface area (Å²) >= 11 is 0. The Hall–Kier alpha value is -3.33. The first-order valence-electron chi connectivity index (χ1n) is 9.45. The molecule has 1 amide bonds. The number of rotatable bonds is 7. The zero-order valence-electron chi connectivity index (χ0n) is 16.9. The summed E-state index contributed by atoms with van der Waals surface area (Å²) in [6, 6.07) is 12.9. The van der Waals surface area contributed by atoms with Crippen LogP contribution >= 0.6 is 0 Å². The van der Waals surface area contributed by atoms with Crippen molar-refractivity contribution in [2.24, 2.45) is 0 Å². The molecule has 31 heavy (non-hydrogen) atoms. The van der Waals surface area contributed by atoms with Crippen molar-refractivity contribution in [3.8, 4) is 0 Å². The lowest BCUT2D eigenvalue weighted by Gasteiger charge is -2.10. The molecule has 162 valence electrons. The van der Waals surface area contributed by atoms with Gasteiger partial charge < -0.3 is 5.32 Å². The van der Waals surface area contributed by atoms with E-state index < -0.39 is 27.6 Å². The number of halogens is 2. The molecule has 0 saturated heterocycles. The molecule has 0 radical (unpaired) electrons. The number of aromatic nitrogens is 1. The van der Waals surface area contributed by atoms with Crippen LogP contribution in [0.5, 0.6) is 0 Å². The van der Waals surface area contributed by atoms with Crippen LogP contribution in [0.4, 0.5) is 20.3 Å². The van der Waals surface area contributed by atoms with E-state index in [4.69, 9.17) is 0 Å². The number of pyridine rings is 1. The molecule has 0 saturated carbocycles. The lowest BCUT2D eigenvalue weighted by molar-refractivity contribution is 0.102. The Morgan fingerprint density at radius 1 is 1.00 bits per heavy atom. The van der Waals surface area contributed by atoms with Crippen LogP contribution in [0.2, 0.25) is 0 Å². The Morgan fingerprint density at radius 3 is 2.35 bits per heavy atom. The summed E-state index contributed by atoms with van der Waals surface area (Å²) in [5, 5.41) is 2.42. The highest BCUT2D eigenvalue weighted by Gasteiger charge is 2.15. The molecular formula is C22H21F2N3O3S. The highest BCUT2D eigenvalue weighted by molar-refractivity contribution is 7.91. The molecule has 0 aliphatic heterocycles. The minimum atomic E-state index is -3.77. The fourth-order valence-corrected chi connectivity index (χ4v) is 3.95. The van der Waals surface area contributed by atoms with E-state index in [1.54, 1.807) is 12.1 Å². The maximum absolute atomic E-state index is 13.3. The van der Waals surface area contributed by atoms with Gasteiger partial charge in [-0.3, -0.25) is 9.52 Å². The molecule has 2 aromatic carbocycles. The molecule has 1 aromatic heterocycles. The van der Waals surface area contributed by atoms with Crippen molar-refractivity contribution >= 4 is 27.4 Å². The zero-order chi connectivity index (χ0) is 22.6. The monoisotopic (exact) mass is 445 g/mol. The number of anilines is 2. The summed E-state index contributed by atoms with van der Waals surface area (Å²) in [7, 11) is -3.77. The number of carbonyl (C=O) groups excluding carboxylic acids is 1. The van der Waals surface area contributed by atoms with Gasteiger partial charge in [-0.2, -0.15) is 0 Å². The second-order valence-electron chi connectivity index (χ2n) is 7.27. The molecular weight excluding hydrogens is 424 g/mol. The predicted molar refractivity (Wildman–Crippen MR) is 115 cm³/mol. The number of nitrogens with one attached hydrogen (secondary N) is 2. The van der Waals surface area contributed by atoms with E-state index in [0.717, 1.165) is 17.7 Å². The fourth-order valence-electron chi connectivity index (χ4n) is 2.82. The van der Waals surface area contributed by atoms with Crippen molar-refractivity contribution < 1.29 is 22.0 Å². The van der Waals surface area contributed by atoms with E-state index in [1.165, 1.54) is 24.4 Å². The molecule has 1 heterocycles. The van der Waals surface area contributed by atoms with Crippen molar-refractivity contribution in [2.75, 3.05) is 10.0 Å². The first-order valence-corrected chi connectivity index (χ1v) is 11.1. The van der Waals surface area contributed by atoms with Crippen molar-refractivity contribution in [3.63, 3.8) is 0 Å². The third-order valence-corrected chi connectivity index (χ3v) is 5.70. The molecule has 6 nitrogen and oxygen atoms in total. The third kappa shape index (κ3) is 6.08. The number of carbonyl (C=O) groups is 1. The summed E-state index contributed by atoms with van der Waals surface area (Å²) in [4.78, 5) is 16.3. The standard InChI is InChI=1S/C22H21F2N3O3S/c1-14(2)16-5-3-15(4-6-16)13-31(29,30)27-21-11-17(9-10-25-21)22(28)26-18-7-8-19(23)20(24)12-18/h3-12,14H,13H2,1-2H3,(H,25,27)(H,26,28). The van der Waals surface area contributed by atoms with Gasteiger partial charge in [0.05, 0.1) is 5.75 Å². The molecule has 9 heteroatoms. The van der Waals surface area contributed by atoms with Crippen molar-refractivity contribution in [1.29, 1.82) is 0 Å². The van der Waals surface area contributed by atoms with Gasteiger partial charge in [0, 0.05) is 23.5 Å². The smallest absolute Gasteiger partial charge is 0.255 e. The highest BCUT2D eigenvalue weighted by atomic mass is 32.2. The molecule has 0 aliphatic rings. The SMILES string of the molecule is CC(C)c1ccc(CS(=O)(=O)Nc2cc(C(=O)Nc3ccc(F)c(F)c3)ccn2)cc1. The quantitative estimate of drug-likeness (QED) is 0.553. The molecule has 3 aromatic rings. The van der Waals surface area contributed by atoms with Gasteiger partial charge in [-0.15, -0.1) is 0 Å². The molecule has 0 atom stereocenters. The second kappa shape index (κ2) is 9.22. The maximum Gasteiger partial charge on any atom is 0.255 e. The Morgan fingerprint density at radius 2 is 1.71 bits per heavy atom. The first-order chi connectivity index (χ1) is 14.6. The topological polar surface area (TPSA) is 88.2 Å². The second-order valence-corrected chi connectivity index (χ2v) is 8.99. The zero-order valence-corrected chi connectivity index (χ0v) is 17.7. The van der Waals surface area contributed by atoms with Crippen LogP contribution in [0, 0.1) is 11.6 Å². The molecule has 0 spiro atoms. The van der Waals surface area contributed by atoms with E-state index in [2.05, 4.69) is 28.9 Å². The molecule has 3 rings (SSSR count). The van der Waals surface area contributed by atoms with E-state index in [9.17, 15) is 22.0 Å².